The summed E-state index contributed by atoms with van der Waals surface area (Å²) in [5.74, 6) is 0.491. The fraction of sp³-hybridized carbons (Fsp3) is 0.267. The molecule has 3 nitrogen and oxygen atoms in total. The van der Waals surface area contributed by atoms with Crippen LogP contribution < -0.4 is 10.1 Å². The molecule has 0 bridgehead atoms. The van der Waals surface area contributed by atoms with Crippen LogP contribution in [0.3, 0.4) is 0 Å². The molecule has 0 unspecified atom stereocenters. The van der Waals surface area contributed by atoms with Crippen LogP contribution >= 0.6 is 34.8 Å². The van der Waals surface area contributed by atoms with E-state index in [1.807, 2.05) is 18.2 Å². The van der Waals surface area contributed by atoms with Gasteiger partial charge in [-0.05, 0) is 24.7 Å². The fourth-order valence-electron chi connectivity index (χ4n) is 1.73. The summed E-state index contributed by atoms with van der Waals surface area (Å²) in [6, 6.07) is 9.00. The quantitative estimate of drug-likeness (QED) is 0.769. The topological polar surface area (TPSA) is 34.1 Å². The molecule has 112 valence electrons. The molecule has 2 rings (SSSR count). The van der Waals surface area contributed by atoms with Gasteiger partial charge in [0.15, 0.2) is 0 Å². The highest BCUT2D eigenvalue weighted by molar-refractivity contribution is 6.43. The van der Waals surface area contributed by atoms with E-state index in [2.05, 4.69) is 17.2 Å². The molecule has 0 aliphatic heterocycles. The molecule has 0 aliphatic carbocycles. The van der Waals surface area contributed by atoms with Crippen molar-refractivity contribution in [3.63, 3.8) is 0 Å². The van der Waals surface area contributed by atoms with E-state index in [1.165, 1.54) is 0 Å². The van der Waals surface area contributed by atoms with Gasteiger partial charge in [-0.3, -0.25) is 4.98 Å². The third-order valence-electron chi connectivity index (χ3n) is 2.77. The van der Waals surface area contributed by atoms with Gasteiger partial charge in [-0.15, -0.1) is 0 Å². The highest BCUT2D eigenvalue weighted by atomic mass is 35.5. The summed E-state index contributed by atoms with van der Waals surface area (Å²) in [6.07, 6.45) is 0. The van der Waals surface area contributed by atoms with Gasteiger partial charge in [0.1, 0.15) is 12.4 Å². The smallest absolute Gasteiger partial charge is 0.140 e. The molecule has 1 heterocycles. The van der Waals surface area contributed by atoms with E-state index in [1.54, 1.807) is 12.1 Å². The first-order chi connectivity index (χ1) is 10.1. The maximum absolute atomic E-state index is 6.07. The van der Waals surface area contributed by atoms with Crippen molar-refractivity contribution in [1.29, 1.82) is 0 Å². The minimum absolute atomic E-state index is 0.317. The average molecular weight is 346 g/mol. The zero-order chi connectivity index (χ0) is 15.2. The van der Waals surface area contributed by atoms with Crippen molar-refractivity contribution in [2.24, 2.45) is 0 Å². The molecule has 0 atom stereocenters. The van der Waals surface area contributed by atoms with E-state index < -0.39 is 0 Å². The monoisotopic (exact) mass is 344 g/mol. The Morgan fingerprint density at radius 3 is 2.52 bits per heavy atom. The van der Waals surface area contributed by atoms with Crippen LogP contribution in [-0.4, -0.2) is 11.5 Å². The van der Waals surface area contributed by atoms with Gasteiger partial charge in [-0.2, -0.15) is 0 Å². The Kier molecular flexibility index (Phi) is 6.12. The van der Waals surface area contributed by atoms with Crippen LogP contribution in [-0.2, 0) is 13.2 Å². The lowest BCUT2D eigenvalue weighted by Crippen LogP contribution is -2.13. The molecule has 0 spiro atoms. The van der Waals surface area contributed by atoms with Crippen LogP contribution in [0.2, 0.25) is 15.1 Å². The number of hydrogen-bond donors (Lipinski definition) is 1. The molecule has 1 N–H and O–H groups in total. The van der Waals surface area contributed by atoms with Crippen molar-refractivity contribution < 1.29 is 4.74 Å². The SMILES string of the molecule is CCNCc1cccc(COc2cc(Cl)c(Cl)cc2Cl)n1. The molecule has 0 radical (unpaired) electrons. The molecule has 6 heteroatoms. The minimum atomic E-state index is 0.317. The van der Waals surface area contributed by atoms with E-state index in [4.69, 9.17) is 39.5 Å². The summed E-state index contributed by atoms with van der Waals surface area (Å²) >= 11 is 17.9. The lowest BCUT2D eigenvalue weighted by molar-refractivity contribution is 0.301. The Bertz CT molecular complexity index is 620. The van der Waals surface area contributed by atoms with Crippen molar-refractivity contribution in [2.45, 2.75) is 20.1 Å². The summed E-state index contributed by atoms with van der Waals surface area (Å²) in [7, 11) is 0. The van der Waals surface area contributed by atoms with E-state index in [9.17, 15) is 0 Å². The van der Waals surface area contributed by atoms with Gasteiger partial charge in [0.05, 0.1) is 26.5 Å². The third-order valence-corrected chi connectivity index (χ3v) is 3.79. The maximum Gasteiger partial charge on any atom is 0.140 e. The number of pyridine rings is 1. The Labute approximate surface area is 139 Å². The number of ether oxygens (including phenoxy) is 1. The van der Waals surface area contributed by atoms with Crippen molar-refractivity contribution in [2.75, 3.05) is 6.54 Å². The van der Waals surface area contributed by atoms with Crippen molar-refractivity contribution >= 4 is 34.8 Å². The number of benzene rings is 1. The van der Waals surface area contributed by atoms with Crippen molar-refractivity contribution in [1.82, 2.24) is 10.3 Å². The normalized spacial score (nSPS) is 10.7. The first-order valence-electron chi connectivity index (χ1n) is 6.53. The molecule has 0 saturated carbocycles. The first-order valence-corrected chi connectivity index (χ1v) is 7.66. The second-order valence-electron chi connectivity index (χ2n) is 4.39. The number of hydrogen-bond acceptors (Lipinski definition) is 3. The number of nitrogens with one attached hydrogen (secondary N) is 1. The van der Waals surface area contributed by atoms with Gasteiger partial charge in [0.2, 0.25) is 0 Å². The van der Waals surface area contributed by atoms with Crippen LogP contribution in [0, 0.1) is 0 Å². The molecule has 0 saturated heterocycles. The van der Waals surface area contributed by atoms with Gasteiger partial charge in [-0.1, -0.05) is 47.8 Å². The highest BCUT2D eigenvalue weighted by Crippen LogP contribution is 2.34. The molecule has 0 fully saturated rings. The molecule has 1 aromatic heterocycles. The third kappa shape index (κ3) is 4.75. The van der Waals surface area contributed by atoms with Gasteiger partial charge in [-0.25, -0.2) is 0 Å². The number of nitrogens with zero attached hydrogens (tertiary/aromatic N) is 1. The zero-order valence-corrected chi connectivity index (χ0v) is 13.8. The lowest BCUT2D eigenvalue weighted by Gasteiger charge is -2.10. The molecule has 0 amide bonds. The zero-order valence-electron chi connectivity index (χ0n) is 11.5. The number of aromatic nitrogens is 1. The van der Waals surface area contributed by atoms with Crippen molar-refractivity contribution in [3.05, 3.63) is 56.8 Å². The second-order valence-corrected chi connectivity index (χ2v) is 5.61. The van der Waals surface area contributed by atoms with Crippen LogP contribution in [0.5, 0.6) is 5.75 Å². The van der Waals surface area contributed by atoms with E-state index in [0.29, 0.717) is 27.4 Å². The minimum Gasteiger partial charge on any atom is -0.486 e. The molecular weight excluding hydrogens is 331 g/mol. The predicted octanol–water partition coefficient (Wildman–Crippen LogP) is 4.73. The largest absolute Gasteiger partial charge is 0.486 e. The Hall–Kier alpha value is -1.000. The van der Waals surface area contributed by atoms with E-state index in [-0.39, 0.29) is 0 Å². The summed E-state index contributed by atoms with van der Waals surface area (Å²) in [4.78, 5) is 4.51. The van der Waals surface area contributed by atoms with Crippen molar-refractivity contribution in [3.8, 4) is 5.75 Å². The highest BCUT2D eigenvalue weighted by Gasteiger charge is 2.08. The van der Waals surface area contributed by atoms with Crippen LogP contribution in [0.25, 0.3) is 0 Å². The van der Waals surface area contributed by atoms with Crippen LogP contribution in [0.4, 0.5) is 0 Å². The molecule has 21 heavy (non-hydrogen) atoms. The number of halogens is 3. The van der Waals surface area contributed by atoms with Gasteiger partial charge >= 0.3 is 0 Å². The van der Waals surface area contributed by atoms with Gasteiger partial charge < -0.3 is 10.1 Å². The predicted molar refractivity (Wildman–Crippen MR) is 87.4 cm³/mol. The Morgan fingerprint density at radius 1 is 1.05 bits per heavy atom. The molecule has 1 aromatic carbocycles. The maximum atomic E-state index is 6.07. The van der Waals surface area contributed by atoms with E-state index in [0.717, 1.165) is 24.5 Å². The average Bonchev–Trinajstić information content (AvgIpc) is 2.48. The van der Waals surface area contributed by atoms with Crippen LogP contribution in [0.15, 0.2) is 30.3 Å². The van der Waals surface area contributed by atoms with Gasteiger partial charge in [0.25, 0.3) is 0 Å². The fourth-order valence-corrected chi connectivity index (χ4v) is 2.32. The molecule has 0 aliphatic rings. The lowest BCUT2D eigenvalue weighted by atomic mass is 10.3. The summed E-state index contributed by atoms with van der Waals surface area (Å²) in [5, 5.41) is 4.47. The van der Waals surface area contributed by atoms with Gasteiger partial charge in [0, 0.05) is 12.6 Å². The summed E-state index contributed by atoms with van der Waals surface area (Å²) in [6.45, 7) is 4.01. The molecule has 2 aromatic rings. The summed E-state index contributed by atoms with van der Waals surface area (Å²) in [5.41, 5.74) is 1.80. The summed E-state index contributed by atoms with van der Waals surface area (Å²) < 4.78 is 5.66. The first kappa shape index (κ1) is 16.4. The standard InChI is InChI=1S/C15H15Cl3N2O/c1-2-19-8-10-4-3-5-11(20-10)9-21-15-7-13(17)12(16)6-14(15)18/h3-7,19H,2,8-9H2,1H3. The van der Waals surface area contributed by atoms with Crippen LogP contribution in [0.1, 0.15) is 18.3 Å². The Morgan fingerprint density at radius 2 is 1.76 bits per heavy atom. The van der Waals surface area contributed by atoms with E-state index >= 15 is 0 Å². The second kappa shape index (κ2) is 7.85. The molecular formula is C15H15Cl3N2O. The number of rotatable bonds is 6. The Balaban J connectivity index is 2.04.